The number of nitro groups is 1. The van der Waals surface area contributed by atoms with Crippen LogP contribution in [0.15, 0.2) is 36.5 Å². The van der Waals surface area contributed by atoms with Gasteiger partial charge in [0.15, 0.2) is 0 Å². The lowest BCUT2D eigenvalue weighted by Crippen LogP contribution is -2.04. The lowest BCUT2D eigenvalue weighted by atomic mass is 10.2. The Morgan fingerprint density at radius 1 is 1.38 bits per heavy atom. The van der Waals surface area contributed by atoms with E-state index in [1.807, 2.05) is 0 Å². The van der Waals surface area contributed by atoms with E-state index in [4.69, 9.17) is 5.11 Å². The van der Waals surface area contributed by atoms with E-state index in [0.717, 1.165) is 5.56 Å². The molecule has 1 aromatic heterocycles. The summed E-state index contributed by atoms with van der Waals surface area (Å²) in [5.41, 5.74) is 2.03. The molecule has 0 bridgehead atoms. The number of aryl methyl sites for hydroxylation is 1. The van der Waals surface area contributed by atoms with Crippen LogP contribution < -0.4 is 5.32 Å². The van der Waals surface area contributed by atoms with Gasteiger partial charge in [-0.1, -0.05) is 12.1 Å². The Labute approximate surface area is 120 Å². The minimum Gasteiger partial charge on any atom is -0.477 e. The molecular formula is C14H13N3O4. The van der Waals surface area contributed by atoms with E-state index in [2.05, 4.69) is 10.3 Å². The van der Waals surface area contributed by atoms with E-state index in [0.29, 0.717) is 17.8 Å². The zero-order valence-electron chi connectivity index (χ0n) is 11.2. The minimum atomic E-state index is -1.08. The molecule has 21 heavy (non-hydrogen) atoms. The summed E-state index contributed by atoms with van der Waals surface area (Å²) in [5.74, 6) is -1.08. The zero-order chi connectivity index (χ0) is 15.4. The lowest BCUT2D eigenvalue weighted by Gasteiger charge is -2.07. The smallest absolute Gasteiger partial charge is 0.354 e. The summed E-state index contributed by atoms with van der Waals surface area (Å²) in [6.07, 6.45) is 1.46. The topological polar surface area (TPSA) is 105 Å². The molecule has 0 fully saturated rings. The molecule has 0 spiro atoms. The van der Waals surface area contributed by atoms with E-state index in [9.17, 15) is 14.9 Å². The summed E-state index contributed by atoms with van der Waals surface area (Å²) in [6.45, 7) is 2.07. The number of hydrogen-bond donors (Lipinski definition) is 2. The van der Waals surface area contributed by atoms with Crippen LogP contribution in [0.4, 0.5) is 11.4 Å². The molecule has 2 aromatic rings. The molecule has 7 heteroatoms. The fourth-order valence-electron chi connectivity index (χ4n) is 1.78. The maximum absolute atomic E-state index is 10.9. The predicted octanol–water partition coefficient (Wildman–Crippen LogP) is 2.61. The van der Waals surface area contributed by atoms with Crippen molar-refractivity contribution in [2.24, 2.45) is 0 Å². The van der Waals surface area contributed by atoms with Crippen LogP contribution in [-0.4, -0.2) is 21.0 Å². The van der Waals surface area contributed by atoms with Crippen molar-refractivity contribution >= 4 is 17.3 Å². The number of anilines is 1. The van der Waals surface area contributed by atoms with E-state index < -0.39 is 10.9 Å². The second kappa shape index (κ2) is 6.00. The standard InChI is InChI=1S/C14H13N3O4/c1-9-2-4-11(6-13(9)17(20)21)15-7-10-3-5-12(14(18)19)16-8-10/h2-6,8,15H,7H2,1H3,(H,18,19). The van der Waals surface area contributed by atoms with Gasteiger partial charge in [-0.15, -0.1) is 0 Å². The Hall–Kier alpha value is -2.96. The number of benzene rings is 1. The van der Waals surface area contributed by atoms with Crippen molar-refractivity contribution in [2.75, 3.05) is 5.32 Å². The number of rotatable bonds is 5. The van der Waals surface area contributed by atoms with Gasteiger partial charge in [-0.25, -0.2) is 9.78 Å². The second-order valence-electron chi connectivity index (χ2n) is 4.47. The molecule has 108 valence electrons. The van der Waals surface area contributed by atoms with Gasteiger partial charge in [-0.05, 0) is 24.6 Å². The largest absolute Gasteiger partial charge is 0.477 e. The Morgan fingerprint density at radius 2 is 2.14 bits per heavy atom. The third-order valence-electron chi connectivity index (χ3n) is 2.95. The molecule has 0 aliphatic heterocycles. The highest BCUT2D eigenvalue weighted by Crippen LogP contribution is 2.22. The van der Waals surface area contributed by atoms with Crippen molar-refractivity contribution in [3.8, 4) is 0 Å². The first-order chi connectivity index (χ1) is 9.97. The number of carboxylic acids is 1. The van der Waals surface area contributed by atoms with Crippen molar-refractivity contribution in [1.82, 2.24) is 4.98 Å². The van der Waals surface area contributed by atoms with E-state index in [1.54, 1.807) is 25.1 Å². The molecule has 0 aliphatic rings. The van der Waals surface area contributed by atoms with Gasteiger partial charge < -0.3 is 10.4 Å². The monoisotopic (exact) mass is 287 g/mol. The first-order valence-corrected chi connectivity index (χ1v) is 6.14. The first kappa shape index (κ1) is 14.4. The molecule has 7 nitrogen and oxygen atoms in total. The molecule has 0 radical (unpaired) electrons. The summed E-state index contributed by atoms with van der Waals surface area (Å²) >= 11 is 0. The minimum absolute atomic E-state index is 0.0234. The quantitative estimate of drug-likeness (QED) is 0.646. The van der Waals surface area contributed by atoms with Crippen LogP contribution in [-0.2, 0) is 6.54 Å². The van der Waals surface area contributed by atoms with Crippen LogP contribution in [0, 0.1) is 17.0 Å². The number of carbonyl (C=O) groups is 1. The van der Waals surface area contributed by atoms with Gasteiger partial charge in [-0.3, -0.25) is 10.1 Å². The SMILES string of the molecule is Cc1ccc(NCc2ccc(C(=O)O)nc2)cc1[N+](=O)[O-]. The average molecular weight is 287 g/mol. The van der Waals surface area contributed by atoms with Crippen LogP contribution >= 0.6 is 0 Å². The van der Waals surface area contributed by atoms with Crippen LogP contribution in [0.25, 0.3) is 0 Å². The molecular weight excluding hydrogens is 274 g/mol. The van der Waals surface area contributed by atoms with Gasteiger partial charge in [0.1, 0.15) is 5.69 Å². The van der Waals surface area contributed by atoms with Crippen molar-refractivity contribution < 1.29 is 14.8 Å². The number of nitrogens with one attached hydrogen (secondary N) is 1. The Balaban J connectivity index is 2.07. The highest BCUT2D eigenvalue weighted by atomic mass is 16.6. The molecule has 0 atom stereocenters. The summed E-state index contributed by atoms with van der Waals surface area (Å²) < 4.78 is 0. The molecule has 2 N–H and O–H groups in total. The van der Waals surface area contributed by atoms with Crippen LogP contribution in [0.2, 0.25) is 0 Å². The van der Waals surface area contributed by atoms with Crippen molar-refractivity contribution in [2.45, 2.75) is 13.5 Å². The molecule has 0 saturated heterocycles. The molecule has 0 unspecified atom stereocenters. The van der Waals surface area contributed by atoms with Gasteiger partial charge in [0.05, 0.1) is 4.92 Å². The van der Waals surface area contributed by atoms with Gasteiger partial charge in [0.2, 0.25) is 0 Å². The van der Waals surface area contributed by atoms with Crippen LogP contribution in [0.5, 0.6) is 0 Å². The Morgan fingerprint density at radius 3 is 2.71 bits per heavy atom. The van der Waals surface area contributed by atoms with Gasteiger partial charge in [0, 0.05) is 30.1 Å². The molecule has 1 aromatic carbocycles. The number of nitro benzene ring substituents is 1. The fourth-order valence-corrected chi connectivity index (χ4v) is 1.78. The van der Waals surface area contributed by atoms with E-state index in [-0.39, 0.29) is 11.4 Å². The number of aromatic nitrogens is 1. The van der Waals surface area contributed by atoms with Gasteiger partial charge in [0.25, 0.3) is 5.69 Å². The average Bonchev–Trinajstić information content (AvgIpc) is 2.46. The summed E-state index contributed by atoms with van der Waals surface area (Å²) in [5, 5.41) is 22.7. The second-order valence-corrected chi connectivity index (χ2v) is 4.47. The maximum atomic E-state index is 10.9. The third-order valence-corrected chi connectivity index (χ3v) is 2.95. The zero-order valence-corrected chi connectivity index (χ0v) is 11.2. The summed E-state index contributed by atoms with van der Waals surface area (Å²) in [7, 11) is 0. The highest BCUT2D eigenvalue weighted by Gasteiger charge is 2.10. The third kappa shape index (κ3) is 3.53. The molecule has 1 heterocycles. The Bertz CT molecular complexity index is 683. The number of nitrogens with zero attached hydrogens (tertiary/aromatic N) is 2. The molecule has 2 rings (SSSR count). The summed E-state index contributed by atoms with van der Waals surface area (Å²) in [4.78, 5) is 24.9. The molecule has 0 amide bonds. The molecule has 0 saturated carbocycles. The normalized spacial score (nSPS) is 10.1. The van der Waals surface area contributed by atoms with E-state index in [1.165, 1.54) is 18.3 Å². The number of aromatic carboxylic acids is 1. The van der Waals surface area contributed by atoms with Crippen molar-refractivity contribution in [1.29, 1.82) is 0 Å². The number of hydrogen-bond acceptors (Lipinski definition) is 5. The van der Waals surface area contributed by atoms with Crippen LogP contribution in [0.3, 0.4) is 0 Å². The fraction of sp³-hybridized carbons (Fsp3) is 0.143. The lowest BCUT2D eigenvalue weighted by molar-refractivity contribution is -0.385. The predicted molar refractivity (Wildman–Crippen MR) is 76.4 cm³/mol. The molecule has 0 aliphatic carbocycles. The Kier molecular flexibility index (Phi) is 4.13. The highest BCUT2D eigenvalue weighted by molar-refractivity contribution is 5.85. The number of pyridine rings is 1. The first-order valence-electron chi connectivity index (χ1n) is 6.14. The van der Waals surface area contributed by atoms with Gasteiger partial charge in [-0.2, -0.15) is 0 Å². The summed E-state index contributed by atoms with van der Waals surface area (Å²) in [6, 6.07) is 7.95. The van der Waals surface area contributed by atoms with Crippen molar-refractivity contribution in [3.63, 3.8) is 0 Å². The van der Waals surface area contributed by atoms with Crippen molar-refractivity contribution in [3.05, 3.63) is 63.5 Å². The van der Waals surface area contributed by atoms with Crippen LogP contribution in [0.1, 0.15) is 21.6 Å². The van der Waals surface area contributed by atoms with E-state index >= 15 is 0 Å². The maximum Gasteiger partial charge on any atom is 0.354 e. The number of carboxylic acid groups (broad SMARTS) is 1. The van der Waals surface area contributed by atoms with Gasteiger partial charge >= 0.3 is 5.97 Å².